The molecule has 0 aliphatic carbocycles. The molecule has 2 aromatic carbocycles. The fourth-order valence-electron chi connectivity index (χ4n) is 2.32. The van der Waals surface area contributed by atoms with Crippen LogP contribution >= 0.6 is 11.6 Å². The SMILES string of the molecule is O=C(CNS(=O)(=O)c1cccc(C(F)(F)F)c1)NCCCc1ccc(Cl)cc1. The Balaban J connectivity index is 1.80. The summed E-state index contributed by atoms with van der Waals surface area (Å²) < 4.78 is 64.3. The van der Waals surface area contributed by atoms with Crippen molar-refractivity contribution in [1.82, 2.24) is 10.0 Å². The fourth-order valence-corrected chi connectivity index (χ4v) is 3.47. The van der Waals surface area contributed by atoms with E-state index in [0.717, 1.165) is 23.8 Å². The van der Waals surface area contributed by atoms with Crippen LogP contribution in [0.5, 0.6) is 0 Å². The predicted molar refractivity (Wildman–Crippen MR) is 99.4 cm³/mol. The Morgan fingerprint density at radius 1 is 1.07 bits per heavy atom. The Bertz CT molecular complexity index is 916. The Morgan fingerprint density at radius 3 is 2.39 bits per heavy atom. The van der Waals surface area contributed by atoms with Crippen molar-refractivity contribution in [3.8, 4) is 0 Å². The van der Waals surface area contributed by atoms with Crippen molar-refractivity contribution in [3.63, 3.8) is 0 Å². The highest BCUT2D eigenvalue weighted by Crippen LogP contribution is 2.30. The number of alkyl halides is 3. The number of rotatable bonds is 8. The van der Waals surface area contributed by atoms with Gasteiger partial charge in [-0.25, -0.2) is 13.1 Å². The Labute approximate surface area is 166 Å². The van der Waals surface area contributed by atoms with Gasteiger partial charge in [-0.1, -0.05) is 29.8 Å². The molecule has 0 aliphatic heterocycles. The van der Waals surface area contributed by atoms with Crippen molar-refractivity contribution >= 4 is 27.5 Å². The molecule has 0 radical (unpaired) electrons. The number of hydrogen-bond donors (Lipinski definition) is 2. The smallest absolute Gasteiger partial charge is 0.355 e. The Morgan fingerprint density at radius 2 is 1.75 bits per heavy atom. The van der Waals surface area contributed by atoms with Gasteiger partial charge in [0.2, 0.25) is 15.9 Å². The average Bonchev–Trinajstić information content (AvgIpc) is 2.64. The minimum absolute atomic E-state index is 0.326. The molecule has 0 bridgehead atoms. The van der Waals surface area contributed by atoms with E-state index in [1.165, 1.54) is 0 Å². The summed E-state index contributed by atoms with van der Waals surface area (Å²) in [5, 5.41) is 3.18. The highest BCUT2D eigenvalue weighted by atomic mass is 35.5. The molecule has 0 fully saturated rings. The molecule has 0 spiro atoms. The zero-order valence-electron chi connectivity index (χ0n) is 14.6. The van der Waals surface area contributed by atoms with Crippen molar-refractivity contribution in [3.05, 3.63) is 64.7 Å². The first-order valence-electron chi connectivity index (χ1n) is 8.26. The summed E-state index contributed by atoms with van der Waals surface area (Å²) in [6, 6.07) is 10.6. The summed E-state index contributed by atoms with van der Waals surface area (Å²) in [7, 11) is -4.24. The van der Waals surface area contributed by atoms with Crippen molar-refractivity contribution in [2.24, 2.45) is 0 Å². The van der Waals surface area contributed by atoms with E-state index in [2.05, 4.69) is 5.32 Å². The zero-order chi connectivity index (χ0) is 20.8. The van der Waals surface area contributed by atoms with Gasteiger partial charge >= 0.3 is 6.18 Å². The molecule has 28 heavy (non-hydrogen) atoms. The third-order valence-electron chi connectivity index (χ3n) is 3.77. The molecule has 10 heteroatoms. The normalized spacial score (nSPS) is 12.0. The van der Waals surface area contributed by atoms with Crippen LogP contribution in [0.25, 0.3) is 0 Å². The third-order valence-corrected chi connectivity index (χ3v) is 5.42. The lowest BCUT2D eigenvalue weighted by atomic mass is 10.1. The van der Waals surface area contributed by atoms with Crippen LogP contribution in [0.1, 0.15) is 17.5 Å². The summed E-state index contributed by atoms with van der Waals surface area (Å²) in [5.41, 5.74) is -0.0362. The molecule has 0 unspecified atom stereocenters. The van der Waals surface area contributed by atoms with Crippen LogP contribution in [0.2, 0.25) is 5.02 Å². The van der Waals surface area contributed by atoms with Crippen molar-refractivity contribution in [2.45, 2.75) is 23.9 Å². The van der Waals surface area contributed by atoms with Crippen molar-refractivity contribution in [1.29, 1.82) is 0 Å². The lowest BCUT2D eigenvalue weighted by Gasteiger charge is -2.10. The first-order valence-corrected chi connectivity index (χ1v) is 10.1. The van der Waals surface area contributed by atoms with E-state index in [9.17, 15) is 26.4 Å². The maximum Gasteiger partial charge on any atom is 0.416 e. The maximum atomic E-state index is 12.7. The minimum atomic E-state index is -4.66. The van der Waals surface area contributed by atoms with Crippen LogP contribution < -0.4 is 10.0 Å². The van der Waals surface area contributed by atoms with E-state index in [1.807, 2.05) is 16.9 Å². The van der Waals surface area contributed by atoms with Gasteiger partial charge in [-0.2, -0.15) is 13.2 Å². The quantitative estimate of drug-likeness (QED) is 0.625. The van der Waals surface area contributed by atoms with Gasteiger partial charge in [0.05, 0.1) is 17.0 Å². The summed E-state index contributed by atoms with van der Waals surface area (Å²) in [5.74, 6) is -0.577. The van der Waals surface area contributed by atoms with Gasteiger partial charge in [-0.05, 0) is 48.7 Å². The molecular weight excluding hydrogens is 417 g/mol. The molecule has 0 heterocycles. The topological polar surface area (TPSA) is 75.3 Å². The number of hydrogen-bond acceptors (Lipinski definition) is 3. The molecule has 0 saturated carbocycles. The van der Waals surface area contributed by atoms with E-state index < -0.39 is 39.1 Å². The van der Waals surface area contributed by atoms with E-state index in [1.54, 1.807) is 12.1 Å². The van der Waals surface area contributed by atoms with Gasteiger partial charge in [0.1, 0.15) is 0 Å². The molecule has 0 atom stereocenters. The fraction of sp³-hybridized carbons (Fsp3) is 0.278. The van der Waals surface area contributed by atoms with Crippen LogP contribution in [-0.4, -0.2) is 27.4 Å². The third kappa shape index (κ3) is 6.81. The lowest BCUT2D eigenvalue weighted by Crippen LogP contribution is -2.37. The Kier molecular flexibility index (Phi) is 7.45. The largest absolute Gasteiger partial charge is 0.416 e. The molecule has 1 amide bonds. The predicted octanol–water partition coefficient (Wildman–Crippen LogP) is 3.39. The standard InChI is InChI=1S/C18H18ClF3N2O3S/c19-15-8-6-13(7-9-15)3-2-10-23-17(25)12-24-28(26,27)16-5-1-4-14(11-16)18(20,21)22/h1,4-9,11,24H,2-3,10,12H2,(H,23,25). The number of aryl methyl sites for hydroxylation is 1. The molecule has 0 aromatic heterocycles. The second-order valence-corrected chi connectivity index (χ2v) is 8.13. The van der Waals surface area contributed by atoms with Gasteiger partial charge < -0.3 is 5.32 Å². The van der Waals surface area contributed by atoms with Crippen LogP contribution in [0.4, 0.5) is 13.2 Å². The monoisotopic (exact) mass is 434 g/mol. The highest BCUT2D eigenvalue weighted by Gasteiger charge is 2.31. The second kappa shape index (κ2) is 9.40. The van der Waals surface area contributed by atoms with Crippen molar-refractivity contribution in [2.75, 3.05) is 13.1 Å². The van der Waals surface area contributed by atoms with Crippen LogP contribution in [0.15, 0.2) is 53.4 Å². The van der Waals surface area contributed by atoms with Crippen LogP contribution in [0.3, 0.4) is 0 Å². The van der Waals surface area contributed by atoms with Gasteiger partial charge in [0.25, 0.3) is 0 Å². The van der Waals surface area contributed by atoms with E-state index in [-0.39, 0.29) is 0 Å². The summed E-state index contributed by atoms with van der Waals surface area (Å²) in [6.45, 7) is -0.244. The highest BCUT2D eigenvalue weighted by molar-refractivity contribution is 7.89. The minimum Gasteiger partial charge on any atom is -0.355 e. The van der Waals surface area contributed by atoms with Crippen LogP contribution in [0, 0.1) is 0 Å². The van der Waals surface area contributed by atoms with E-state index >= 15 is 0 Å². The number of sulfonamides is 1. The van der Waals surface area contributed by atoms with Crippen LogP contribution in [-0.2, 0) is 27.4 Å². The van der Waals surface area contributed by atoms with E-state index in [0.29, 0.717) is 30.5 Å². The number of amides is 1. The van der Waals surface area contributed by atoms with Crippen molar-refractivity contribution < 1.29 is 26.4 Å². The first-order chi connectivity index (χ1) is 13.1. The molecule has 5 nitrogen and oxygen atoms in total. The van der Waals surface area contributed by atoms with Gasteiger partial charge in [-0.3, -0.25) is 4.79 Å². The maximum absolute atomic E-state index is 12.7. The summed E-state index contributed by atoms with van der Waals surface area (Å²) in [6.07, 6.45) is -3.33. The number of nitrogens with one attached hydrogen (secondary N) is 2. The Hall–Kier alpha value is -2.10. The molecule has 0 saturated heterocycles. The number of carbonyl (C=O) groups is 1. The first kappa shape index (κ1) is 22.2. The van der Waals surface area contributed by atoms with Gasteiger partial charge in [0.15, 0.2) is 0 Å². The summed E-state index contributed by atoms with van der Waals surface area (Å²) >= 11 is 5.79. The summed E-state index contributed by atoms with van der Waals surface area (Å²) in [4.78, 5) is 11.2. The number of carbonyl (C=O) groups excluding carboxylic acids is 1. The average molecular weight is 435 g/mol. The molecule has 152 valence electrons. The number of halogens is 4. The van der Waals surface area contributed by atoms with Gasteiger partial charge in [-0.15, -0.1) is 0 Å². The zero-order valence-corrected chi connectivity index (χ0v) is 16.2. The molecular formula is C18H18ClF3N2O3S. The molecule has 2 aromatic rings. The molecule has 2 N–H and O–H groups in total. The number of benzene rings is 2. The van der Waals surface area contributed by atoms with Gasteiger partial charge in [0, 0.05) is 11.6 Å². The molecule has 2 rings (SSSR count). The van der Waals surface area contributed by atoms with E-state index in [4.69, 9.17) is 11.6 Å². The lowest BCUT2D eigenvalue weighted by molar-refractivity contribution is -0.137. The molecule has 0 aliphatic rings. The second-order valence-electron chi connectivity index (χ2n) is 5.93.